The third kappa shape index (κ3) is 6.48. The second kappa shape index (κ2) is 8.31. The Balaban J connectivity index is 1.94. The highest BCUT2D eigenvalue weighted by Crippen LogP contribution is 2.07. The summed E-state index contributed by atoms with van der Waals surface area (Å²) in [5.74, 6) is 0.329. The maximum Gasteiger partial charge on any atom is 0.139 e. The number of nitrogens with zero attached hydrogens (tertiary/aromatic N) is 2. The van der Waals surface area contributed by atoms with Crippen LogP contribution in [0.3, 0.4) is 0 Å². The fourth-order valence-electron chi connectivity index (χ4n) is 2.25. The van der Waals surface area contributed by atoms with Crippen LogP contribution in [-0.2, 0) is 0 Å². The van der Waals surface area contributed by atoms with Crippen molar-refractivity contribution in [2.24, 2.45) is 10.9 Å². The van der Waals surface area contributed by atoms with E-state index in [1.165, 1.54) is 25.9 Å². The normalized spacial score (nSPS) is 19.7. The van der Waals surface area contributed by atoms with Gasteiger partial charge in [0, 0.05) is 19.0 Å². The van der Waals surface area contributed by atoms with Crippen LogP contribution in [0.25, 0.3) is 0 Å². The van der Waals surface area contributed by atoms with E-state index in [9.17, 15) is 0 Å². The molecule has 1 rings (SSSR count). The molecule has 0 aromatic heterocycles. The third-order valence-corrected chi connectivity index (χ3v) is 3.21. The monoisotopic (exact) mass is 242 g/mol. The molecule has 0 aromatic carbocycles. The van der Waals surface area contributed by atoms with Crippen LogP contribution in [0.1, 0.15) is 39.0 Å². The molecule has 1 atom stereocenters. The Morgan fingerprint density at radius 1 is 1.41 bits per heavy atom. The summed E-state index contributed by atoms with van der Waals surface area (Å²) in [6.07, 6.45) is 5.43. The number of hydrogen-bond acceptors (Lipinski definition) is 4. The van der Waals surface area contributed by atoms with Crippen LogP contribution in [0.2, 0.25) is 0 Å². The van der Waals surface area contributed by atoms with Crippen molar-refractivity contribution < 1.29 is 5.21 Å². The molecule has 0 saturated carbocycles. The van der Waals surface area contributed by atoms with Crippen molar-refractivity contribution in [2.45, 2.75) is 45.1 Å². The van der Waals surface area contributed by atoms with Crippen molar-refractivity contribution in [3.8, 4) is 0 Å². The molecule has 0 radical (unpaired) electrons. The van der Waals surface area contributed by atoms with Crippen LogP contribution in [0.4, 0.5) is 0 Å². The second-order valence-electron chi connectivity index (χ2n) is 4.91. The van der Waals surface area contributed by atoms with Crippen molar-refractivity contribution in [2.75, 3.05) is 26.2 Å². The fraction of sp³-hybridized carbons (Fsp3) is 0.917. The van der Waals surface area contributed by atoms with Crippen molar-refractivity contribution in [1.82, 2.24) is 10.2 Å². The van der Waals surface area contributed by atoms with E-state index in [4.69, 9.17) is 10.9 Å². The lowest BCUT2D eigenvalue weighted by Crippen LogP contribution is -2.38. The number of amidine groups is 1. The van der Waals surface area contributed by atoms with Gasteiger partial charge in [-0.05, 0) is 52.2 Å². The highest BCUT2D eigenvalue weighted by Gasteiger charge is 2.13. The number of nitrogens with one attached hydrogen (secondary N) is 1. The Morgan fingerprint density at radius 2 is 2.12 bits per heavy atom. The van der Waals surface area contributed by atoms with E-state index in [0.29, 0.717) is 18.3 Å². The quantitative estimate of drug-likeness (QED) is 0.195. The molecule has 1 aliphatic heterocycles. The van der Waals surface area contributed by atoms with Crippen molar-refractivity contribution >= 4 is 5.84 Å². The molecule has 1 fully saturated rings. The molecule has 0 aliphatic carbocycles. The zero-order valence-electron chi connectivity index (χ0n) is 10.9. The Bertz CT molecular complexity index is 227. The smallest absolute Gasteiger partial charge is 0.139 e. The first-order valence-corrected chi connectivity index (χ1v) is 6.64. The lowest BCUT2D eigenvalue weighted by atomic mass is 10.2. The van der Waals surface area contributed by atoms with Gasteiger partial charge in [-0.2, -0.15) is 0 Å². The van der Waals surface area contributed by atoms with E-state index in [-0.39, 0.29) is 0 Å². The summed E-state index contributed by atoms with van der Waals surface area (Å²) < 4.78 is 0. The number of rotatable bonds is 8. The minimum atomic E-state index is 0.329. The minimum absolute atomic E-state index is 0.329. The van der Waals surface area contributed by atoms with E-state index >= 15 is 0 Å². The number of oxime groups is 1. The summed E-state index contributed by atoms with van der Waals surface area (Å²) in [6.45, 7) is 6.92. The lowest BCUT2D eigenvalue weighted by molar-refractivity contribution is 0.298. The van der Waals surface area contributed by atoms with Gasteiger partial charge in [-0.25, -0.2) is 0 Å². The van der Waals surface area contributed by atoms with E-state index in [1.54, 1.807) is 0 Å². The maximum absolute atomic E-state index is 8.38. The molecular weight excluding hydrogens is 216 g/mol. The predicted molar refractivity (Wildman–Crippen MR) is 70.4 cm³/mol. The minimum Gasteiger partial charge on any atom is -0.409 e. The molecule has 17 heavy (non-hydrogen) atoms. The van der Waals surface area contributed by atoms with Crippen LogP contribution in [0.5, 0.6) is 0 Å². The van der Waals surface area contributed by atoms with Gasteiger partial charge in [0.2, 0.25) is 0 Å². The van der Waals surface area contributed by atoms with Crippen molar-refractivity contribution in [3.05, 3.63) is 0 Å². The number of hydrogen-bond donors (Lipinski definition) is 3. The van der Waals surface area contributed by atoms with Gasteiger partial charge in [0.25, 0.3) is 0 Å². The van der Waals surface area contributed by atoms with Gasteiger partial charge in [0.1, 0.15) is 5.84 Å². The molecule has 1 saturated heterocycles. The van der Waals surface area contributed by atoms with E-state index in [2.05, 4.69) is 22.3 Å². The Labute approximate surface area is 104 Å². The van der Waals surface area contributed by atoms with E-state index < -0.39 is 0 Å². The van der Waals surface area contributed by atoms with Crippen molar-refractivity contribution in [3.63, 3.8) is 0 Å². The zero-order chi connectivity index (χ0) is 12.5. The van der Waals surface area contributed by atoms with Crippen LogP contribution < -0.4 is 11.1 Å². The molecule has 4 N–H and O–H groups in total. The van der Waals surface area contributed by atoms with E-state index in [0.717, 1.165) is 25.9 Å². The molecule has 1 aliphatic rings. The Hall–Kier alpha value is -0.810. The third-order valence-electron chi connectivity index (χ3n) is 3.21. The van der Waals surface area contributed by atoms with Gasteiger partial charge in [-0.3, -0.25) is 0 Å². The molecule has 0 aromatic rings. The summed E-state index contributed by atoms with van der Waals surface area (Å²) in [4.78, 5) is 2.52. The first kappa shape index (κ1) is 14.3. The maximum atomic E-state index is 8.38. The summed E-state index contributed by atoms with van der Waals surface area (Å²) >= 11 is 0. The molecular formula is C12H26N4O. The van der Waals surface area contributed by atoms with Crippen LogP contribution >= 0.6 is 0 Å². The molecule has 1 heterocycles. The summed E-state index contributed by atoms with van der Waals surface area (Å²) in [5, 5.41) is 14.9. The lowest BCUT2D eigenvalue weighted by Gasteiger charge is -2.21. The average Bonchev–Trinajstić information content (AvgIpc) is 2.81. The first-order valence-electron chi connectivity index (χ1n) is 6.64. The first-order chi connectivity index (χ1) is 8.22. The predicted octanol–water partition coefficient (Wildman–Crippen LogP) is 0.977. The summed E-state index contributed by atoms with van der Waals surface area (Å²) in [7, 11) is 0. The fourth-order valence-corrected chi connectivity index (χ4v) is 2.25. The molecule has 0 spiro atoms. The number of nitrogens with two attached hydrogens (primary N) is 1. The average molecular weight is 242 g/mol. The molecule has 0 bridgehead atoms. The van der Waals surface area contributed by atoms with Crippen LogP contribution in [0.15, 0.2) is 5.16 Å². The van der Waals surface area contributed by atoms with Gasteiger partial charge in [0.15, 0.2) is 0 Å². The van der Waals surface area contributed by atoms with Crippen LogP contribution in [0, 0.1) is 0 Å². The molecule has 5 heteroatoms. The van der Waals surface area contributed by atoms with Gasteiger partial charge < -0.3 is 21.2 Å². The number of unbranched alkanes of at least 4 members (excludes halogenated alkanes) is 1. The Morgan fingerprint density at radius 3 is 2.76 bits per heavy atom. The van der Waals surface area contributed by atoms with E-state index in [1.807, 2.05) is 0 Å². The second-order valence-corrected chi connectivity index (χ2v) is 4.91. The SMILES string of the molecule is CC(CN1CCCC1)NCCCCC(N)=NO. The van der Waals surface area contributed by atoms with Gasteiger partial charge >= 0.3 is 0 Å². The molecule has 0 amide bonds. The molecule has 5 nitrogen and oxygen atoms in total. The topological polar surface area (TPSA) is 73.9 Å². The Kier molecular flexibility index (Phi) is 6.96. The highest BCUT2D eigenvalue weighted by molar-refractivity contribution is 5.79. The van der Waals surface area contributed by atoms with Gasteiger partial charge in [-0.1, -0.05) is 5.16 Å². The molecule has 1 unspecified atom stereocenters. The van der Waals surface area contributed by atoms with Crippen LogP contribution in [-0.4, -0.2) is 48.2 Å². The van der Waals surface area contributed by atoms with Gasteiger partial charge in [0.05, 0.1) is 0 Å². The standard InChI is InChI=1S/C12H26N4O/c1-11(10-16-8-4-5-9-16)14-7-3-2-6-12(13)15-17/h11,14,17H,2-10H2,1H3,(H2,13,15). The summed E-state index contributed by atoms with van der Waals surface area (Å²) in [5.41, 5.74) is 5.40. The summed E-state index contributed by atoms with van der Waals surface area (Å²) in [6, 6.07) is 0.553. The van der Waals surface area contributed by atoms with Crippen molar-refractivity contribution in [1.29, 1.82) is 0 Å². The molecule has 100 valence electrons. The largest absolute Gasteiger partial charge is 0.409 e. The highest BCUT2D eigenvalue weighted by atomic mass is 16.4. The zero-order valence-corrected chi connectivity index (χ0v) is 10.9. The van der Waals surface area contributed by atoms with Gasteiger partial charge in [-0.15, -0.1) is 0 Å². The number of likely N-dealkylation sites (tertiary alicyclic amines) is 1.